The minimum absolute atomic E-state index is 0.0716. The van der Waals surface area contributed by atoms with E-state index >= 15 is 0 Å². The van der Waals surface area contributed by atoms with Crippen LogP contribution in [-0.4, -0.2) is 16.1 Å². The second-order valence-corrected chi connectivity index (χ2v) is 4.77. The summed E-state index contributed by atoms with van der Waals surface area (Å²) >= 11 is 1.63. The molecule has 0 aliphatic heterocycles. The van der Waals surface area contributed by atoms with E-state index in [4.69, 9.17) is 0 Å². The van der Waals surface area contributed by atoms with E-state index in [1.165, 1.54) is 0 Å². The van der Waals surface area contributed by atoms with Gasteiger partial charge in [-0.1, -0.05) is 6.07 Å². The number of benzene rings is 1. The summed E-state index contributed by atoms with van der Waals surface area (Å²) < 4.78 is 0. The summed E-state index contributed by atoms with van der Waals surface area (Å²) in [7, 11) is 0. The Morgan fingerprint density at radius 2 is 2.33 bits per heavy atom. The summed E-state index contributed by atoms with van der Waals surface area (Å²) in [5.41, 5.74) is 2.64. The summed E-state index contributed by atoms with van der Waals surface area (Å²) in [6, 6.07) is 7.51. The van der Waals surface area contributed by atoms with Crippen molar-refractivity contribution < 1.29 is 4.79 Å². The number of amides is 1. The normalized spacial score (nSPS) is 10.7. The van der Waals surface area contributed by atoms with Crippen LogP contribution < -0.4 is 5.32 Å². The average molecular weight is 257 g/mol. The van der Waals surface area contributed by atoms with Crippen LogP contribution in [0.5, 0.6) is 0 Å². The van der Waals surface area contributed by atoms with Crippen molar-refractivity contribution in [1.29, 1.82) is 0 Å². The number of hydrogen-bond acceptors (Lipinski definition) is 3. The van der Waals surface area contributed by atoms with Crippen LogP contribution >= 0.6 is 11.3 Å². The zero-order valence-corrected chi connectivity index (χ0v) is 10.3. The minimum atomic E-state index is -0.0716. The molecule has 2 N–H and O–H groups in total. The summed E-state index contributed by atoms with van der Waals surface area (Å²) in [4.78, 5) is 12.0. The third kappa shape index (κ3) is 2.12. The van der Waals surface area contributed by atoms with Gasteiger partial charge >= 0.3 is 0 Å². The van der Waals surface area contributed by atoms with E-state index in [1.54, 1.807) is 23.6 Å². The van der Waals surface area contributed by atoms with Gasteiger partial charge in [0, 0.05) is 17.5 Å². The lowest BCUT2D eigenvalue weighted by molar-refractivity contribution is 0.0951. The van der Waals surface area contributed by atoms with E-state index in [0.29, 0.717) is 12.1 Å². The lowest BCUT2D eigenvalue weighted by Crippen LogP contribution is -2.22. The largest absolute Gasteiger partial charge is 0.348 e. The van der Waals surface area contributed by atoms with Gasteiger partial charge in [-0.05, 0) is 34.5 Å². The van der Waals surface area contributed by atoms with Gasteiger partial charge in [-0.3, -0.25) is 9.89 Å². The summed E-state index contributed by atoms with van der Waals surface area (Å²) in [6.45, 7) is 0.559. The maximum Gasteiger partial charge on any atom is 0.251 e. The summed E-state index contributed by atoms with van der Waals surface area (Å²) in [6.07, 6.45) is 1.74. The molecule has 0 saturated carbocycles. The number of thiophene rings is 1. The molecule has 0 unspecified atom stereocenters. The van der Waals surface area contributed by atoms with Crippen LogP contribution in [-0.2, 0) is 6.54 Å². The number of rotatable bonds is 3. The fourth-order valence-electron chi connectivity index (χ4n) is 1.76. The Morgan fingerprint density at radius 1 is 1.39 bits per heavy atom. The molecular weight excluding hydrogens is 246 g/mol. The smallest absolute Gasteiger partial charge is 0.251 e. The molecule has 4 nitrogen and oxygen atoms in total. The Bertz CT molecular complexity index is 672. The monoisotopic (exact) mass is 257 g/mol. The first-order valence-electron chi connectivity index (χ1n) is 5.55. The molecular formula is C13H11N3OS. The van der Waals surface area contributed by atoms with E-state index in [2.05, 4.69) is 15.5 Å². The molecule has 18 heavy (non-hydrogen) atoms. The minimum Gasteiger partial charge on any atom is -0.348 e. The molecule has 0 saturated heterocycles. The maximum atomic E-state index is 12.0. The third-order valence-electron chi connectivity index (χ3n) is 2.74. The zero-order chi connectivity index (χ0) is 12.4. The second kappa shape index (κ2) is 4.62. The summed E-state index contributed by atoms with van der Waals surface area (Å²) in [5.74, 6) is -0.0716. The van der Waals surface area contributed by atoms with E-state index in [1.807, 2.05) is 29.0 Å². The van der Waals surface area contributed by atoms with E-state index in [9.17, 15) is 4.79 Å². The average Bonchev–Trinajstić information content (AvgIpc) is 3.05. The first-order valence-corrected chi connectivity index (χ1v) is 6.49. The van der Waals surface area contributed by atoms with Gasteiger partial charge in [0.1, 0.15) is 0 Å². The Balaban J connectivity index is 1.75. The Kier molecular flexibility index (Phi) is 2.82. The molecule has 1 aromatic carbocycles. The van der Waals surface area contributed by atoms with E-state index in [-0.39, 0.29) is 5.91 Å². The molecule has 3 aromatic rings. The molecule has 90 valence electrons. The number of aromatic nitrogens is 2. The predicted molar refractivity (Wildman–Crippen MR) is 71.6 cm³/mol. The lowest BCUT2D eigenvalue weighted by atomic mass is 10.1. The molecule has 1 amide bonds. The topological polar surface area (TPSA) is 57.8 Å². The second-order valence-electron chi connectivity index (χ2n) is 3.99. The van der Waals surface area contributed by atoms with Gasteiger partial charge in [0.15, 0.2) is 0 Å². The molecule has 0 spiro atoms. The van der Waals surface area contributed by atoms with Crippen LogP contribution in [0.15, 0.2) is 41.2 Å². The number of hydrogen-bond donors (Lipinski definition) is 2. The molecule has 0 aliphatic carbocycles. The predicted octanol–water partition coefficient (Wildman–Crippen LogP) is 2.55. The SMILES string of the molecule is O=C(NCc1ccsc1)c1ccc2cn[nH]c2c1. The Labute approximate surface area is 108 Å². The van der Waals surface area contributed by atoms with Crippen molar-refractivity contribution in [2.24, 2.45) is 0 Å². The molecule has 2 heterocycles. The van der Waals surface area contributed by atoms with Gasteiger partial charge in [0.2, 0.25) is 0 Å². The van der Waals surface area contributed by atoms with Crippen LogP contribution in [0.3, 0.4) is 0 Å². The molecule has 0 aliphatic rings. The zero-order valence-electron chi connectivity index (χ0n) is 9.51. The molecule has 3 rings (SSSR count). The van der Waals surface area contributed by atoms with Crippen molar-refractivity contribution in [2.75, 3.05) is 0 Å². The summed E-state index contributed by atoms with van der Waals surface area (Å²) in [5, 5.41) is 14.7. The fourth-order valence-corrected chi connectivity index (χ4v) is 2.42. The molecule has 0 radical (unpaired) electrons. The first-order chi connectivity index (χ1) is 8.83. The van der Waals surface area contributed by atoms with Crippen molar-refractivity contribution >= 4 is 28.1 Å². The van der Waals surface area contributed by atoms with Gasteiger partial charge < -0.3 is 5.32 Å². The number of carbonyl (C=O) groups is 1. The number of nitrogens with zero attached hydrogens (tertiary/aromatic N) is 1. The Morgan fingerprint density at radius 3 is 3.17 bits per heavy atom. The van der Waals surface area contributed by atoms with Crippen molar-refractivity contribution in [3.8, 4) is 0 Å². The van der Waals surface area contributed by atoms with Crippen LogP contribution in [0.2, 0.25) is 0 Å². The van der Waals surface area contributed by atoms with Crippen LogP contribution in [0, 0.1) is 0 Å². The van der Waals surface area contributed by atoms with Gasteiger partial charge in [-0.15, -0.1) is 0 Å². The Hall–Kier alpha value is -2.14. The maximum absolute atomic E-state index is 12.0. The van der Waals surface area contributed by atoms with E-state index < -0.39 is 0 Å². The molecule has 0 fully saturated rings. The molecule has 2 aromatic heterocycles. The quantitative estimate of drug-likeness (QED) is 0.757. The van der Waals surface area contributed by atoms with Gasteiger partial charge in [-0.25, -0.2) is 0 Å². The highest BCUT2D eigenvalue weighted by Crippen LogP contribution is 2.13. The standard InChI is InChI=1S/C13H11N3OS/c17-13(14-6-9-3-4-18-8-9)10-1-2-11-7-15-16-12(11)5-10/h1-5,7-8H,6H2,(H,14,17)(H,15,16). The number of H-pyrrole nitrogens is 1. The molecule has 0 atom stereocenters. The van der Waals surface area contributed by atoms with Crippen LogP contribution in [0.4, 0.5) is 0 Å². The lowest BCUT2D eigenvalue weighted by Gasteiger charge is -2.03. The van der Waals surface area contributed by atoms with Crippen molar-refractivity contribution in [3.63, 3.8) is 0 Å². The first kappa shape index (κ1) is 11.0. The van der Waals surface area contributed by atoms with Crippen molar-refractivity contribution in [2.45, 2.75) is 6.54 Å². The number of fused-ring (bicyclic) bond motifs is 1. The number of carbonyl (C=O) groups excluding carboxylic acids is 1. The molecule has 5 heteroatoms. The highest BCUT2D eigenvalue weighted by Gasteiger charge is 2.06. The highest BCUT2D eigenvalue weighted by molar-refractivity contribution is 7.07. The van der Waals surface area contributed by atoms with Crippen LogP contribution in [0.25, 0.3) is 10.9 Å². The number of nitrogens with one attached hydrogen (secondary N) is 2. The van der Waals surface area contributed by atoms with Crippen molar-refractivity contribution in [1.82, 2.24) is 15.5 Å². The fraction of sp³-hybridized carbons (Fsp3) is 0.0769. The van der Waals surface area contributed by atoms with Gasteiger partial charge in [0.25, 0.3) is 5.91 Å². The third-order valence-corrected chi connectivity index (χ3v) is 3.47. The van der Waals surface area contributed by atoms with Crippen molar-refractivity contribution in [3.05, 3.63) is 52.3 Å². The van der Waals surface area contributed by atoms with Gasteiger partial charge in [-0.2, -0.15) is 16.4 Å². The van der Waals surface area contributed by atoms with Crippen LogP contribution in [0.1, 0.15) is 15.9 Å². The van der Waals surface area contributed by atoms with E-state index in [0.717, 1.165) is 16.5 Å². The highest BCUT2D eigenvalue weighted by atomic mass is 32.1. The number of aromatic amines is 1. The molecule has 0 bridgehead atoms. The van der Waals surface area contributed by atoms with Gasteiger partial charge in [0.05, 0.1) is 11.7 Å².